The summed E-state index contributed by atoms with van der Waals surface area (Å²) in [5.41, 5.74) is 2.33. The summed E-state index contributed by atoms with van der Waals surface area (Å²) in [6.45, 7) is 5.64. The summed E-state index contributed by atoms with van der Waals surface area (Å²) >= 11 is 2.31. The van der Waals surface area contributed by atoms with Crippen LogP contribution >= 0.6 is 22.6 Å². The predicted molar refractivity (Wildman–Crippen MR) is 89.3 cm³/mol. The summed E-state index contributed by atoms with van der Waals surface area (Å²) in [7, 11) is 0. The first-order chi connectivity index (χ1) is 9.37. The Morgan fingerprint density at radius 1 is 1.40 bits per heavy atom. The number of rotatable bonds is 2. The van der Waals surface area contributed by atoms with E-state index in [4.69, 9.17) is 4.74 Å². The number of benzene rings is 1. The molecule has 0 bridgehead atoms. The van der Waals surface area contributed by atoms with Crippen molar-refractivity contribution in [2.24, 2.45) is 0 Å². The van der Waals surface area contributed by atoms with E-state index in [-0.39, 0.29) is 10.1 Å². The van der Waals surface area contributed by atoms with Crippen molar-refractivity contribution in [3.63, 3.8) is 0 Å². The molecule has 1 aliphatic carbocycles. The molecule has 0 radical (unpaired) electrons. The largest absolute Gasteiger partial charge is 0.444 e. The zero-order chi connectivity index (χ0) is 14.8. The Hall–Kier alpha value is -0.780. The molecule has 1 N–H and O–H groups in total. The lowest BCUT2D eigenvalue weighted by molar-refractivity contribution is 0.0519. The number of carbonyl (C=O) groups is 1. The smallest absolute Gasteiger partial charge is 0.408 e. The maximum Gasteiger partial charge on any atom is 0.408 e. The topological polar surface area (TPSA) is 38.3 Å². The van der Waals surface area contributed by atoms with E-state index >= 15 is 0 Å². The fourth-order valence-corrected chi connectivity index (χ4v) is 3.62. The first-order valence-corrected chi connectivity index (χ1v) is 8.33. The van der Waals surface area contributed by atoms with Gasteiger partial charge in [-0.05, 0) is 51.2 Å². The van der Waals surface area contributed by atoms with Crippen molar-refractivity contribution in [3.8, 4) is 0 Å². The van der Waals surface area contributed by atoms with Crippen LogP contribution in [0.4, 0.5) is 4.79 Å². The normalized spacial score (nSPS) is 19.9. The van der Waals surface area contributed by atoms with Gasteiger partial charge in [0.1, 0.15) is 5.60 Å². The Kier molecular flexibility index (Phi) is 4.94. The second kappa shape index (κ2) is 6.33. The van der Waals surface area contributed by atoms with Crippen LogP contribution in [-0.4, -0.2) is 15.7 Å². The number of nitrogens with one attached hydrogen (secondary N) is 1. The molecule has 0 spiro atoms. The van der Waals surface area contributed by atoms with E-state index in [0.717, 1.165) is 12.8 Å². The molecule has 0 saturated heterocycles. The fourth-order valence-electron chi connectivity index (χ4n) is 2.62. The van der Waals surface area contributed by atoms with Crippen molar-refractivity contribution in [2.45, 2.75) is 55.6 Å². The Bertz CT molecular complexity index is 482. The number of hydrogen-bond donors (Lipinski definition) is 1. The highest BCUT2D eigenvalue weighted by Crippen LogP contribution is 2.36. The van der Waals surface area contributed by atoms with Gasteiger partial charge in [-0.15, -0.1) is 0 Å². The Labute approximate surface area is 134 Å². The van der Waals surface area contributed by atoms with Crippen molar-refractivity contribution < 1.29 is 9.53 Å². The average Bonchev–Trinajstić information content (AvgIpc) is 2.35. The minimum Gasteiger partial charge on any atom is -0.444 e. The molecule has 4 heteroatoms. The molecule has 1 aromatic rings. The van der Waals surface area contributed by atoms with E-state index in [9.17, 15) is 4.79 Å². The number of hydrogen-bond acceptors (Lipinski definition) is 2. The van der Waals surface area contributed by atoms with E-state index in [1.165, 1.54) is 17.5 Å². The zero-order valence-corrected chi connectivity index (χ0v) is 14.4. The fraction of sp³-hybridized carbons (Fsp3) is 0.562. The van der Waals surface area contributed by atoms with Gasteiger partial charge in [-0.25, -0.2) is 4.79 Å². The molecule has 0 heterocycles. The number of amides is 1. The molecule has 0 aromatic heterocycles. The molecule has 3 nitrogen and oxygen atoms in total. The number of fused-ring (bicyclic) bond motifs is 1. The standard InChI is InChI=1S/C16H22INO2/c1-16(2,3)20-15(19)18-14(17)13-10-6-8-11-7-4-5-9-12(11)13/h4-5,7,9,13-14H,6,8,10H2,1-3H3,(H,18,19)/t13?,14-/m0/s1. The number of alkyl carbamates (subject to hydrolysis) is 1. The Morgan fingerprint density at radius 3 is 2.80 bits per heavy atom. The molecule has 1 amide bonds. The van der Waals surface area contributed by atoms with Crippen LogP contribution in [0.5, 0.6) is 0 Å². The van der Waals surface area contributed by atoms with Crippen molar-refractivity contribution in [1.29, 1.82) is 0 Å². The van der Waals surface area contributed by atoms with Gasteiger partial charge in [0.25, 0.3) is 0 Å². The highest BCUT2D eigenvalue weighted by atomic mass is 127. The van der Waals surface area contributed by atoms with Gasteiger partial charge in [-0.2, -0.15) is 0 Å². The Morgan fingerprint density at radius 2 is 2.10 bits per heavy atom. The number of alkyl halides is 1. The van der Waals surface area contributed by atoms with Crippen LogP contribution in [0, 0.1) is 0 Å². The van der Waals surface area contributed by atoms with Crippen LogP contribution in [-0.2, 0) is 11.2 Å². The highest BCUT2D eigenvalue weighted by molar-refractivity contribution is 14.1. The number of ether oxygens (including phenoxy) is 1. The van der Waals surface area contributed by atoms with Gasteiger partial charge in [-0.3, -0.25) is 0 Å². The minimum atomic E-state index is -0.453. The summed E-state index contributed by atoms with van der Waals surface area (Å²) in [6, 6.07) is 8.54. The molecule has 1 aromatic carbocycles. The monoisotopic (exact) mass is 387 g/mol. The number of halogens is 1. The molecule has 0 fully saturated rings. The van der Waals surface area contributed by atoms with E-state index in [1.807, 2.05) is 20.8 Å². The third-order valence-electron chi connectivity index (χ3n) is 3.42. The van der Waals surface area contributed by atoms with Crippen LogP contribution < -0.4 is 5.32 Å². The highest BCUT2D eigenvalue weighted by Gasteiger charge is 2.28. The quantitative estimate of drug-likeness (QED) is 0.464. The van der Waals surface area contributed by atoms with Gasteiger partial charge in [-0.1, -0.05) is 46.9 Å². The summed E-state index contributed by atoms with van der Waals surface area (Å²) < 4.78 is 5.39. The van der Waals surface area contributed by atoms with E-state index in [0.29, 0.717) is 5.92 Å². The predicted octanol–water partition coefficient (Wildman–Crippen LogP) is 4.39. The van der Waals surface area contributed by atoms with Gasteiger partial charge in [0.2, 0.25) is 0 Å². The molecule has 2 atom stereocenters. The summed E-state index contributed by atoms with van der Waals surface area (Å²) in [5, 5.41) is 2.97. The first-order valence-electron chi connectivity index (χ1n) is 7.08. The van der Waals surface area contributed by atoms with Gasteiger partial charge >= 0.3 is 6.09 Å². The van der Waals surface area contributed by atoms with Crippen molar-refractivity contribution in [2.75, 3.05) is 0 Å². The number of carbonyl (C=O) groups excluding carboxylic acids is 1. The average molecular weight is 387 g/mol. The lowest BCUT2D eigenvalue weighted by Crippen LogP contribution is -2.39. The Balaban J connectivity index is 2.04. The van der Waals surface area contributed by atoms with E-state index in [1.54, 1.807) is 0 Å². The summed E-state index contributed by atoms with van der Waals surface area (Å²) in [6.07, 6.45) is 3.10. The maximum atomic E-state index is 11.9. The maximum absolute atomic E-state index is 11.9. The third kappa shape index (κ3) is 4.11. The molecular formula is C16H22INO2. The van der Waals surface area contributed by atoms with Gasteiger partial charge in [0.15, 0.2) is 0 Å². The SMILES string of the molecule is CC(C)(C)OC(=O)N[C@H](I)C1CCCc2ccccc21. The molecule has 1 unspecified atom stereocenters. The molecular weight excluding hydrogens is 365 g/mol. The second-order valence-corrected chi connectivity index (χ2v) is 7.59. The van der Waals surface area contributed by atoms with Crippen molar-refractivity contribution in [1.82, 2.24) is 5.32 Å². The molecule has 20 heavy (non-hydrogen) atoms. The van der Waals surface area contributed by atoms with Crippen LogP contribution in [0.3, 0.4) is 0 Å². The zero-order valence-electron chi connectivity index (χ0n) is 12.3. The van der Waals surface area contributed by atoms with E-state index in [2.05, 4.69) is 52.2 Å². The molecule has 2 rings (SSSR count). The van der Waals surface area contributed by atoms with Crippen LogP contribution in [0.25, 0.3) is 0 Å². The summed E-state index contributed by atoms with van der Waals surface area (Å²) in [5.74, 6) is 0.369. The van der Waals surface area contributed by atoms with Crippen molar-refractivity contribution >= 4 is 28.7 Å². The molecule has 0 saturated carbocycles. The number of aryl methyl sites for hydroxylation is 1. The van der Waals surface area contributed by atoms with E-state index < -0.39 is 5.60 Å². The van der Waals surface area contributed by atoms with Crippen LogP contribution in [0.2, 0.25) is 0 Å². The first kappa shape index (κ1) is 15.6. The lowest BCUT2D eigenvalue weighted by Gasteiger charge is -2.30. The van der Waals surface area contributed by atoms with Crippen LogP contribution in [0.1, 0.15) is 50.7 Å². The lowest BCUT2D eigenvalue weighted by atomic mass is 9.83. The second-order valence-electron chi connectivity index (χ2n) is 6.25. The molecule has 0 aliphatic heterocycles. The van der Waals surface area contributed by atoms with Gasteiger partial charge in [0.05, 0.1) is 4.05 Å². The molecule has 110 valence electrons. The third-order valence-corrected chi connectivity index (χ3v) is 4.60. The van der Waals surface area contributed by atoms with Crippen LogP contribution in [0.15, 0.2) is 24.3 Å². The summed E-state index contributed by atoms with van der Waals surface area (Å²) in [4.78, 5) is 11.9. The van der Waals surface area contributed by atoms with Gasteiger partial charge < -0.3 is 10.1 Å². The van der Waals surface area contributed by atoms with Crippen molar-refractivity contribution in [3.05, 3.63) is 35.4 Å². The van der Waals surface area contributed by atoms with Gasteiger partial charge in [0, 0.05) is 5.92 Å². The molecule has 1 aliphatic rings. The minimum absolute atomic E-state index is 0.0592.